The highest BCUT2D eigenvalue weighted by molar-refractivity contribution is 6.23. The normalized spacial score (nSPS) is 24.8. The molecule has 2 aliphatic carbocycles. The van der Waals surface area contributed by atoms with Gasteiger partial charge in [-0.3, -0.25) is 14.4 Å². The van der Waals surface area contributed by atoms with E-state index in [1.165, 1.54) is 22.6 Å². The van der Waals surface area contributed by atoms with E-state index in [0.29, 0.717) is 11.4 Å². The average Bonchev–Trinajstić information content (AvgIpc) is 3.45. The molecule has 7 heteroatoms. The number of fused-ring (bicyclic) bond motifs is 5. The fourth-order valence-corrected chi connectivity index (χ4v) is 5.57. The topological polar surface area (TPSA) is 92.8 Å². The summed E-state index contributed by atoms with van der Waals surface area (Å²) < 4.78 is 5.19. The van der Waals surface area contributed by atoms with E-state index >= 15 is 0 Å². The molecular formula is C27H26N2O5. The first-order chi connectivity index (χ1) is 16.2. The van der Waals surface area contributed by atoms with E-state index in [2.05, 4.69) is 11.4 Å². The molecule has 1 saturated carbocycles. The smallest absolute Gasteiger partial charge is 0.338 e. The molecule has 174 valence electrons. The van der Waals surface area contributed by atoms with Crippen LogP contribution in [0.25, 0.3) is 0 Å². The fraction of sp³-hybridized carbons (Fsp3) is 0.333. The Morgan fingerprint density at radius 2 is 1.79 bits per heavy atom. The molecule has 0 aromatic heterocycles. The Labute approximate surface area is 197 Å². The molecule has 0 unspecified atom stereocenters. The molecule has 1 heterocycles. The van der Waals surface area contributed by atoms with Crippen LogP contribution in [0.4, 0.5) is 11.4 Å². The maximum absolute atomic E-state index is 13.2. The van der Waals surface area contributed by atoms with Crippen molar-refractivity contribution in [3.63, 3.8) is 0 Å². The van der Waals surface area contributed by atoms with Gasteiger partial charge in [-0.1, -0.05) is 29.8 Å². The molecule has 2 aromatic rings. The van der Waals surface area contributed by atoms with Gasteiger partial charge in [0.15, 0.2) is 6.61 Å². The fourth-order valence-electron chi connectivity index (χ4n) is 5.57. The highest BCUT2D eigenvalue weighted by Crippen LogP contribution is 2.55. The number of amides is 3. The van der Waals surface area contributed by atoms with Crippen molar-refractivity contribution in [1.82, 2.24) is 0 Å². The second-order valence-corrected chi connectivity index (χ2v) is 9.47. The number of nitrogens with zero attached hydrogens (tertiary/aromatic N) is 1. The zero-order valence-electron chi connectivity index (χ0n) is 19.3. The van der Waals surface area contributed by atoms with E-state index < -0.39 is 18.5 Å². The average molecular weight is 459 g/mol. The van der Waals surface area contributed by atoms with Crippen LogP contribution in [-0.2, 0) is 19.1 Å². The molecule has 34 heavy (non-hydrogen) atoms. The van der Waals surface area contributed by atoms with Crippen LogP contribution < -0.4 is 10.2 Å². The summed E-state index contributed by atoms with van der Waals surface area (Å²) in [5, 5.41) is 2.75. The number of carbonyl (C=O) groups is 4. The van der Waals surface area contributed by atoms with E-state index in [0.717, 1.165) is 17.5 Å². The summed E-state index contributed by atoms with van der Waals surface area (Å²) in [6.45, 7) is 5.38. The van der Waals surface area contributed by atoms with Gasteiger partial charge in [-0.15, -0.1) is 0 Å². The van der Waals surface area contributed by atoms with Crippen molar-refractivity contribution in [3.05, 3.63) is 70.8 Å². The summed E-state index contributed by atoms with van der Waals surface area (Å²) in [7, 11) is 0. The highest BCUT2D eigenvalue weighted by Gasteiger charge is 2.60. The van der Waals surface area contributed by atoms with Crippen LogP contribution in [0.1, 0.15) is 34.8 Å². The standard InChI is InChI=1S/C27H26N2O5/c1-14-7-8-15(2)21(9-14)28-22(30)13-34-27(33)17-5-4-6-19(11-17)29-25(31)23-18-10-16(3)20(12-18)24(23)26(29)32/h4-11,18,20,23-24H,12-13H2,1-3H3,(H,28,30)/t18-,20+,23-,24-/m0/s1. The summed E-state index contributed by atoms with van der Waals surface area (Å²) >= 11 is 0. The Kier molecular flexibility index (Phi) is 5.35. The Morgan fingerprint density at radius 1 is 1.03 bits per heavy atom. The molecule has 2 bridgehead atoms. The number of allylic oxidation sites excluding steroid dienone is 2. The number of ether oxygens (including phenoxy) is 1. The number of hydrogen-bond donors (Lipinski definition) is 1. The molecule has 4 atom stereocenters. The molecular weight excluding hydrogens is 432 g/mol. The van der Waals surface area contributed by atoms with Gasteiger partial charge in [0, 0.05) is 5.69 Å². The molecule has 0 radical (unpaired) electrons. The van der Waals surface area contributed by atoms with Crippen molar-refractivity contribution in [2.45, 2.75) is 27.2 Å². The lowest BCUT2D eigenvalue weighted by atomic mass is 9.82. The largest absolute Gasteiger partial charge is 0.452 e. The highest BCUT2D eigenvalue weighted by atomic mass is 16.5. The quantitative estimate of drug-likeness (QED) is 0.418. The Balaban J connectivity index is 1.26. The molecule has 1 saturated heterocycles. The van der Waals surface area contributed by atoms with Crippen molar-refractivity contribution in [2.75, 3.05) is 16.8 Å². The molecule has 1 N–H and O–H groups in total. The third-order valence-corrected chi connectivity index (χ3v) is 7.22. The van der Waals surface area contributed by atoms with Gasteiger partial charge in [0.2, 0.25) is 11.8 Å². The van der Waals surface area contributed by atoms with Crippen LogP contribution in [0.15, 0.2) is 54.1 Å². The van der Waals surface area contributed by atoms with Gasteiger partial charge in [0.1, 0.15) is 0 Å². The minimum atomic E-state index is -0.699. The summed E-state index contributed by atoms with van der Waals surface area (Å²) in [5.74, 6) is -1.94. The van der Waals surface area contributed by atoms with E-state index in [1.54, 1.807) is 12.1 Å². The van der Waals surface area contributed by atoms with Gasteiger partial charge in [-0.25, -0.2) is 9.69 Å². The van der Waals surface area contributed by atoms with Crippen molar-refractivity contribution >= 4 is 35.1 Å². The molecule has 7 nitrogen and oxygen atoms in total. The van der Waals surface area contributed by atoms with Crippen LogP contribution in [-0.4, -0.2) is 30.3 Å². The van der Waals surface area contributed by atoms with Gasteiger partial charge in [0.25, 0.3) is 5.91 Å². The Bertz CT molecular complexity index is 1260. The van der Waals surface area contributed by atoms with Gasteiger partial charge in [-0.05, 0) is 74.4 Å². The summed E-state index contributed by atoms with van der Waals surface area (Å²) in [4.78, 5) is 52.4. The molecule has 3 aliphatic rings. The monoisotopic (exact) mass is 458 g/mol. The Hall–Kier alpha value is -3.74. The maximum Gasteiger partial charge on any atom is 0.338 e. The molecule has 2 aromatic carbocycles. The van der Waals surface area contributed by atoms with Crippen molar-refractivity contribution < 1.29 is 23.9 Å². The number of hydrogen-bond acceptors (Lipinski definition) is 5. The molecule has 5 rings (SSSR count). The summed E-state index contributed by atoms with van der Waals surface area (Å²) in [6, 6.07) is 12.0. The number of carbonyl (C=O) groups excluding carboxylic acids is 4. The number of imide groups is 1. The number of esters is 1. The second kappa shape index (κ2) is 8.24. The van der Waals surface area contributed by atoms with Crippen LogP contribution in [0.3, 0.4) is 0 Å². The number of benzene rings is 2. The first kappa shape index (κ1) is 22.1. The number of nitrogens with one attached hydrogen (secondary N) is 1. The van der Waals surface area contributed by atoms with Crippen molar-refractivity contribution in [2.24, 2.45) is 23.7 Å². The van der Waals surface area contributed by atoms with Crippen LogP contribution >= 0.6 is 0 Å². The van der Waals surface area contributed by atoms with E-state index in [1.807, 2.05) is 39.0 Å². The summed E-state index contributed by atoms with van der Waals surface area (Å²) in [5.41, 5.74) is 4.29. The minimum absolute atomic E-state index is 0.111. The number of rotatable bonds is 5. The third-order valence-electron chi connectivity index (χ3n) is 7.22. The maximum atomic E-state index is 13.2. The first-order valence-corrected chi connectivity index (χ1v) is 11.4. The van der Waals surface area contributed by atoms with Gasteiger partial charge in [-0.2, -0.15) is 0 Å². The van der Waals surface area contributed by atoms with E-state index in [9.17, 15) is 19.2 Å². The van der Waals surface area contributed by atoms with Crippen LogP contribution in [0, 0.1) is 37.5 Å². The lowest BCUT2D eigenvalue weighted by molar-refractivity contribution is -0.123. The Morgan fingerprint density at radius 3 is 2.59 bits per heavy atom. The third kappa shape index (κ3) is 3.61. The van der Waals surface area contributed by atoms with Crippen LogP contribution in [0.2, 0.25) is 0 Å². The molecule has 3 amide bonds. The molecule has 0 spiro atoms. The number of aryl methyl sites for hydroxylation is 2. The minimum Gasteiger partial charge on any atom is -0.452 e. The zero-order valence-corrected chi connectivity index (χ0v) is 19.3. The SMILES string of the molecule is CC1=C[C@H]2C[C@H]1[C@@H]1C(=O)N(c3cccc(C(=O)OCC(=O)Nc4cc(C)ccc4C)c3)C(=O)[C@H]12. The first-order valence-electron chi connectivity index (χ1n) is 11.4. The van der Waals surface area contributed by atoms with E-state index in [-0.39, 0.29) is 41.0 Å². The van der Waals surface area contributed by atoms with Gasteiger partial charge in [0.05, 0.1) is 23.1 Å². The predicted molar refractivity (Wildman–Crippen MR) is 126 cm³/mol. The van der Waals surface area contributed by atoms with Crippen molar-refractivity contribution in [1.29, 1.82) is 0 Å². The van der Waals surface area contributed by atoms with Crippen molar-refractivity contribution in [3.8, 4) is 0 Å². The van der Waals surface area contributed by atoms with E-state index in [4.69, 9.17) is 4.74 Å². The second-order valence-electron chi connectivity index (χ2n) is 9.47. The zero-order chi connectivity index (χ0) is 24.1. The van der Waals surface area contributed by atoms with Gasteiger partial charge < -0.3 is 10.1 Å². The molecule has 1 aliphatic heterocycles. The van der Waals surface area contributed by atoms with Gasteiger partial charge >= 0.3 is 5.97 Å². The predicted octanol–water partition coefficient (Wildman–Crippen LogP) is 3.80. The van der Waals surface area contributed by atoms with Crippen LogP contribution in [0.5, 0.6) is 0 Å². The lowest BCUT2D eigenvalue weighted by Gasteiger charge is -2.19. The lowest BCUT2D eigenvalue weighted by Crippen LogP contribution is -2.33. The number of anilines is 2. The molecule has 2 fully saturated rings. The summed E-state index contributed by atoms with van der Waals surface area (Å²) in [6.07, 6.45) is 2.99.